The third-order valence-corrected chi connectivity index (χ3v) is 5.60. The zero-order chi connectivity index (χ0) is 25.7. The van der Waals surface area contributed by atoms with Crippen LogP contribution in [0, 0.1) is 0 Å². The first kappa shape index (κ1) is 26.5. The average Bonchev–Trinajstić information content (AvgIpc) is 2.78. The fourth-order valence-corrected chi connectivity index (χ4v) is 3.55. The third-order valence-electron chi connectivity index (χ3n) is 5.60. The number of rotatable bonds is 9. The highest BCUT2D eigenvalue weighted by Gasteiger charge is 2.19. The number of aromatic carboxylic acids is 2. The maximum atomic E-state index is 11.7. The molecular formula is C28H32N2O4. The number of hydrogen-bond donors (Lipinski definition) is 2. The van der Waals surface area contributed by atoms with Gasteiger partial charge in [-0.25, -0.2) is 9.59 Å². The van der Waals surface area contributed by atoms with E-state index >= 15 is 0 Å². The molecule has 34 heavy (non-hydrogen) atoms. The van der Waals surface area contributed by atoms with Crippen molar-refractivity contribution >= 4 is 46.9 Å². The van der Waals surface area contributed by atoms with E-state index in [9.17, 15) is 19.8 Å². The minimum atomic E-state index is -1.04. The molecular weight excluding hydrogens is 428 g/mol. The number of hydrogen-bond acceptors (Lipinski definition) is 4. The van der Waals surface area contributed by atoms with Gasteiger partial charge in [-0.05, 0) is 61.1 Å². The van der Waals surface area contributed by atoms with E-state index in [4.69, 9.17) is 9.98 Å². The van der Waals surface area contributed by atoms with Gasteiger partial charge in [0.2, 0.25) is 0 Å². The molecule has 0 spiro atoms. The fraction of sp³-hybridized carbons (Fsp3) is 0.286. The van der Waals surface area contributed by atoms with Crippen LogP contribution in [0.25, 0.3) is 12.2 Å². The molecule has 0 unspecified atom stereocenters. The first-order valence-electron chi connectivity index (χ1n) is 11.1. The minimum absolute atomic E-state index is 0.0731. The highest BCUT2D eigenvalue weighted by atomic mass is 16.4. The van der Waals surface area contributed by atoms with Crippen LogP contribution in [0.5, 0.6) is 0 Å². The summed E-state index contributed by atoms with van der Waals surface area (Å²) in [6, 6.07) is 6.43. The molecule has 2 aromatic rings. The second-order valence-electron chi connectivity index (χ2n) is 8.73. The molecule has 6 nitrogen and oxygen atoms in total. The lowest BCUT2D eigenvalue weighted by atomic mass is 9.90. The standard InChI is InChI=1S/C28H32N2O4/c1-9-19-11-21(27(31)32)12-20(10-2)25(19)29-17(7)18(8)30-26-23(15(3)4)13-22(28(33)34)14-24(26)16(5)6/h9-16H,1-2H2,3-8H3,(H,31,32)(H,33,34). The molecule has 0 aromatic heterocycles. The molecule has 0 atom stereocenters. The number of nitrogens with zero attached hydrogens (tertiary/aromatic N) is 2. The van der Waals surface area contributed by atoms with E-state index in [1.165, 1.54) is 12.1 Å². The number of benzene rings is 2. The molecule has 0 saturated carbocycles. The summed E-state index contributed by atoms with van der Waals surface area (Å²) in [6.45, 7) is 19.3. The molecule has 0 heterocycles. The van der Waals surface area contributed by atoms with Gasteiger partial charge >= 0.3 is 11.9 Å². The Bertz CT molecular complexity index is 1160. The lowest BCUT2D eigenvalue weighted by Crippen LogP contribution is -2.08. The molecule has 0 fully saturated rings. The van der Waals surface area contributed by atoms with Crippen LogP contribution in [0.1, 0.15) is 96.3 Å². The molecule has 2 N–H and O–H groups in total. The quantitative estimate of drug-likeness (QED) is 0.378. The summed E-state index contributed by atoms with van der Waals surface area (Å²) in [4.78, 5) is 32.8. The Morgan fingerprint density at radius 2 is 1.09 bits per heavy atom. The minimum Gasteiger partial charge on any atom is -0.478 e. The number of carbonyl (C=O) groups is 2. The summed E-state index contributed by atoms with van der Waals surface area (Å²) in [5, 5.41) is 19.0. The van der Waals surface area contributed by atoms with Crippen LogP contribution in [-0.4, -0.2) is 33.6 Å². The lowest BCUT2D eigenvalue weighted by Gasteiger charge is -2.18. The van der Waals surface area contributed by atoms with Crippen molar-refractivity contribution in [3.8, 4) is 0 Å². The van der Waals surface area contributed by atoms with Crippen LogP contribution in [-0.2, 0) is 0 Å². The predicted molar refractivity (Wildman–Crippen MR) is 141 cm³/mol. The summed E-state index contributed by atoms with van der Waals surface area (Å²) in [5.41, 5.74) is 5.90. The summed E-state index contributed by atoms with van der Waals surface area (Å²) in [7, 11) is 0. The van der Waals surface area contributed by atoms with Crippen molar-refractivity contribution in [3.63, 3.8) is 0 Å². The molecule has 0 saturated heterocycles. The van der Waals surface area contributed by atoms with Crippen molar-refractivity contribution < 1.29 is 19.8 Å². The van der Waals surface area contributed by atoms with Crippen molar-refractivity contribution in [2.75, 3.05) is 0 Å². The van der Waals surface area contributed by atoms with E-state index in [-0.39, 0.29) is 23.0 Å². The first-order valence-corrected chi connectivity index (χ1v) is 11.1. The van der Waals surface area contributed by atoms with Crippen molar-refractivity contribution in [2.45, 2.75) is 53.4 Å². The Morgan fingerprint density at radius 3 is 1.41 bits per heavy atom. The van der Waals surface area contributed by atoms with Gasteiger partial charge in [0.15, 0.2) is 0 Å². The van der Waals surface area contributed by atoms with Crippen molar-refractivity contribution in [1.29, 1.82) is 0 Å². The molecule has 0 bridgehead atoms. The van der Waals surface area contributed by atoms with Gasteiger partial charge < -0.3 is 10.2 Å². The van der Waals surface area contributed by atoms with E-state index in [1.807, 2.05) is 41.5 Å². The SMILES string of the molecule is C=Cc1cc(C(=O)O)cc(C=C)c1N=C(C)C(C)=Nc1c(C(C)C)cc(C(=O)O)cc1C(C)C. The lowest BCUT2D eigenvalue weighted by molar-refractivity contribution is 0.0686. The molecule has 0 aliphatic carbocycles. The predicted octanol–water partition coefficient (Wildman–Crippen LogP) is 7.50. The van der Waals surface area contributed by atoms with Crippen LogP contribution in [0.4, 0.5) is 11.4 Å². The second kappa shape index (κ2) is 10.9. The summed E-state index contributed by atoms with van der Waals surface area (Å²) in [5.74, 6) is -1.86. The molecule has 0 radical (unpaired) electrons. The van der Waals surface area contributed by atoms with Crippen molar-refractivity contribution in [2.24, 2.45) is 9.98 Å². The van der Waals surface area contributed by atoms with Crippen molar-refractivity contribution in [1.82, 2.24) is 0 Å². The molecule has 178 valence electrons. The average molecular weight is 461 g/mol. The maximum absolute atomic E-state index is 11.7. The van der Waals surface area contributed by atoms with Gasteiger partial charge in [-0.1, -0.05) is 53.0 Å². The maximum Gasteiger partial charge on any atom is 0.335 e. The molecule has 2 aromatic carbocycles. The summed E-state index contributed by atoms with van der Waals surface area (Å²) >= 11 is 0. The van der Waals surface area contributed by atoms with E-state index in [0.717, 1.165) is 16.8 Å². The Balaban J connectivity index is 2.73. The molecule has 0 aliphatic heterocycles. The van der Waals surface area contributed by atoms with Gasteiger partial charge in [0, 0.05) is 11.1 Å². The Hall–Kier alpha value is -3.80. The Kier molecular flexibility index (Phi) is 8.46. The topological polar surface area (TPSA) is 99.3 Å². The molecule has 2 rings (SSSR count). The van der Waals surface area contributed by atoms with E-state index in [0.29, 0.717) is 28.2 Å². The molecule has 6 heteroatoms. The van der Waals surface area contributed by atoms with Crippen LogP contribution >= 0.6 is 0 Å². The van der Waals surface area contributed by atoms with E-state index < -0.39 is 11.9 Å². The van der Waals surface area contributed by atoms with Gasteiger partial charge in [-0.2, -0.15) is 0 Å². The zero-order valence-electron chi connectivity index (χ0n) is 20.6. The Morgan fingerprint density at radius 1 is 0.735 bits per heavy atom. The summed E-state index contributed by atoms with van der Waals surface area (Å²) < 4.78 is 0. The van der Waals surface area contributed by atoms with Crippen LogP contribution in [0.15, 0.2) is 47.4 Å². The summed E-state index contributed by atoms with van der Waals surface area (Å²) in [6.07, 6.45) is 3.13. The van der Waals surface area contributed by atoms with Crippen LogP contribution in [0.3, 0.4) is 0 Å². The normalized spacial score (nSPS) is 12.2. The van der Waals surface area contributed by atoms with Gasteiger partial charge in [0.1, 0.15) is 0 Å². The number of aliphatic imine (C=N–C) groups is 2. The zero-order valence-corrected chi connectivity index (χ0v) is 20.6. The highest BCUT2D eigenvalue weighted by Crippen LogP contribution is 2.37. The molecule has 0 amide bonds. The van der Waals surface area contributed by atoms with Gasteiger partial charge in [-0.15, -0.1) is 0 Å². The smallest absolute Gasteiger partial charge is 0.335 e. The van der Waals surface area contributed by atoms with Crippen LogP contribution < -0.4 is 0 Å². The molecule has 0 aliphatic rings. The first-order chi connectivity index (χ1) is 15.9. The Labute approximate surface area is 201 Å². The third kappa shape index (κ3) is 5.76. The van der Waals surface area contributed by atoms with Gasteiger partial charge in [0.05, 0.1) is 33.9 Å². The van der Waals surface area contributed by atoms with Crippen molar-refractivity contribution in [3.05, 3.63) is 70.8 Å². The van der Waals surface area contributed by atoms with E-state index in [1.54, 1.807) is 24.3 Å². The monoisotopic (exact) mass is 460 g/mol. The second-order valence-corrected chi connectivity index (χ2v) is 8.73. The number of carboxylic acids is 2. The fourth-order valence-electron chi connectivity index (χ4n) is 3.55. The van der Waals surface area contributed by atoms with E-state index in [2.05, 4.69) is 13.2 Å². The van der Waals surface area contributed by atoms with Crippen LogP contribution in [0.2, 0.25) is 0 Å². The highest BCUT2D eigenvalue weighted by molar-refractivity contribution is 6.41. The number of carboxylic acid groups (broad SMARTS) is 2. The largest absolute Gasteiger partial charge is 0.478 e. The van der Waals surface area contributed by atoms with Gasteiger partial charge in [0.25, 0.3) is 0 Å². The van der Waals surface area contributed by atoms with Gasteiger partial charge in [-0.3, -0.25) is 9.98 Å².